The van der Waals surface area contributed by atoms with Crippen LogP contribution in [0.3, 0.4) is 0 Å². The fourth-order valence-electron chi connectivity index (χ4n) is 1.76. The molecule has 1 heterocycles. The van der Waals surface area contributed by atoms with Crippen molar-refractivity contribution in [3.05, 3.63) is 30.3 Å². The van der Waals surface area contributed by atoms with E-state index in [1.54, 1.807) is 14.1 Å². The monoisotopic (exact) mass is 273 g/mol. The number of rotatable bonds is 4. The lowest BCUT2D eigenvalue weighted by molar-refractivity contribution is 0.218. The van der Waals surface area contributed by atoms with Gasteiger partial charge in [-0.3, -0.25) is 0 Å². The minimum absolute atomic E-state index is 0.103. The number of nitrogens with one attached hydrogen (secondary N) is 2. The Hall–Kier alpha value is -2.50. The van der Waals surface area contributed by atoms with Crippen LogP contribution >= 0.6 is 0 Å². The summed E-state index contributed by atoms with van der Waals surface area (Å²) in [5.74, 6) is 0.779. The number of amides is 2. The number of aromatic nitrogens is 1. The average molecular weight is 273 g/mol. The Kier molecular flexibility index (Phi) is 4.24. The smallest absolute Gasteiger partial charge is 0.316 e. The van der Waals surface area contributed by atoms with E-state index in [0.29, 0.717) is 13.1 Å². The van der Waals surface area contributed by atoms with Crippen LogP contribution in [-0.2, 0) is 0 Å². The van der Waals surface area contributed by atoms with Gasteiger partial charge in [-0.15, -0.1) is 0 Å². The van der Waals surface area contributed by atoms with E-state index in [4.69, 9.17) is 5.73 Å². The van der Waals surface area contributed by atoms with Crippen LogP contribution in [0, 0.1) is 0 Å². The van der Waals surface area contributed by atoms with Gasteiger partial charge < -0.3 is 21.3 Å². The van der Waals surface area contributed by atoms with E-state index in [0.717, 1.165) is 22.4 Å². The highest BCUT2D eigenvalue weighted by molar-refractivity contribution is 5.83. The number of nitrogens with zero attached hydrogens (tertiary/aromatic N) is 2. The third kappa shape index (κ3) is 3.50. The first kappa shape index (κ1) is 13.9. The Morgan fingerprint density at radius 1 is 1.25 bits per heavy atom. The molecule has 0 unspecified atom stereocenters. The third-order valence-corrected chi connectivity index (χ3v) is 2.83. The molecule has 2 aromatic rings. The number of pyridine rings is 1. The topological polar surface area (TPSA) is 83.3 Å². The Labute approximate surface area is 118 Å². The largest absolute Gasteiger partial charge is 0.399 e. The maximum atomic E-state index is 11.3. The fourth-order valence-corrected chi connectivity index (χ4v) is 1.76. The van der Waals surface area contributed by atoms with Gasteiger partial charge in [0.15, 0.2) is 0 Å². The molecule has 6 nitrogen and oxygen atoms in total. The quantitative estimate of drug-likeness (QED) is 0.582. The predicted octanol–water partition coefficient (Wildman–Crippen LogP) is 1.50. The molecule has 0 saturated heterocycles. The van der Waals surface area contributed by atoms with Crippen LogP contribution in [0.1, 0.15) is 0 Å². The zero-order chi connectivity index (χ0) is 14.5. The van der Waals surface area contributed by atoms with Crippen LogP contribution in [0.2, 0.25) is 0 Å². The highest BCUT2D eigenvalue weighted by Gasteiger charge is 2.02. The van der Waals surface area contributed by atoms with Gasteiger partial charge in [-0.05, 0) is 30.3 Å². The molecule has 0 bridgehead atoms. The van der Waals surface area contributed by atoms with Crippen molar-refractivity contribution in [2.75, 3.05) is 38.2 Å². The van der Waals surface area contributed by atoms with Crippen LogP contribution < -0.4 is 16.4 Å². The highest BCUT2D eigenvalue weighted by atomic mass is 16.2. The standard InChI is InChI=1S/C14H19N5O/c1-19(2)14(20)17-8-7-16-13-6-3-10-9-11(15)4-5-12(10)18-13/h3-6,9H,7-8,15H2,1-2H3,(H,16,18)(H,17,20). The van der Waals surface area contributed by atoms with Crippen molar-refractivity contribution < 1.29 is 4.79 Å². The summed E-state index contributed by atoms with van der Waals surface area (Å²) in [7, 11) is 3.42. The average Bonchev–Trinajstić information content (AvgIpc) is 2.43. The number of carbonyl (C=O) groups excluding carboxylic acids is 1. The molecule has 0 radical (unpaired) electrons. The molecule has 6 heteroatoms. The van der Waals surface area contributed by atoms with Crippen molar-refractivity contribution in [1.29, 1.82) is 0 Å². The van der Waals surface area contributed by atoms with Crippen LogP contribution in [0.15, 0.2) is 30.3 Å². The number of hydrogen-bond acceptors (Lipinski definition) is 4. The molecule has 0 fully saturated rings. The maximum absolute atomic E-state index is 11.3. The SMILES string of the molecule is CN(C)C(=O)NCCNc1ccc2cc(N)ccc2n1. The van der Waals surface area contributed by atoms with Crippen LogP contribution in [0.4, 0.5) is 16.3 Å². The molecule has 0 spiro atoms. The Balaban J connectivity index is 1.90. The second-order valence-electron chi connectivity index (χ2n) is 4.70. The number of carbonyl (C=O) groups is 1. The normalized spacial score (nSPS) is 10.3. The highest BCUT2D eigenvalue weighted by Crippen LogP contribution is 2.17. The predicted molar refractivity (Wildman–Crippen MR) is 81.7 cm³/mol. The van der Waals surface area contributed by atoms with E-state index >= 15 is 0 Å². The summed E-state index contributed by atoms with van der Waals surface area (Å²) < 4.78 is 0. The fraction of sp³-hybridized carbons (Fsp3) is 0.286. The zero-order valence-electron chi connectivity index (χ0n) is 11.7. The van der Waals surface area contributed by atoms with Crippen molar-refractivity contribution >= 4 is 28.4 Å². The van der Waals surface area contributed by atoms with Crippen molar-refractivity contribution in [3.63, 3.8) is 0 Å². The molecule has 1 aromatic heterocycles. The molecule has 0 aliphatic carbocycles. The van der Waals surface area contributed by atoms with Gasteiger partial charge in [0.2, 0.25) is 0 Å². The van der Waals surface area contributed by atoms with E-state index in [9.17, 15) is 4.79 Å². The van der Waals surface area contributed by atoms with E-state index in [1.807, 2.05) is 30.3 Å². The van der Waals surface area contributed by atoms with Gasteiger partial charge in [0.1, 0.15) is 5.82 Å². The number of nitrogens with two attached hydrogens (primary N) is 1. The van der Waals surface area contributed by atoms with Crippen LogP contribution in [0.25, 0.3) is 10.9 Å². The zero-order valence-corrected chi connectivity index (χ0v) is 11.7. The van der Waals surface area contributed by atoms with Crippen molar-refractivity contribution in [3.8, 4) is 0 Å². The molecule has 106 valence electrons. The van der Waals surface area contributed by atoms with E-state index in [-0.39, 0.29) is 6.03 Å². The third-order valence-electron chi connectivity index (χ3n) is 2.83. The molecule has 0 aliphatic heterocycles. The number of nitrogen functional groups attached to an aromatic ring is 1. The number of anilines is 2. The first-order valence-electron chi connectivity index (χ1n) is 6.41. The number of urea groups is 1. The van der Waals surface area contributed by atoms with Gasteiger partial charge in [-0.25, -0.2) is 9.78 Å². The number of hydrogen-bond donors (Lipinski definition) is 3. The Morgan fingerprint density at radius 3 is 2.80 bits per heavy atom. The maximum Gasteiger partial charge on any atom is 0.316 e. The van der Waals surface area contributed by atoms with E-state index < -0.39 is 0 Å². The Bertz CT molecular complexity index is 612. The van der Waals surface area contributed by atoms with Gasteiger partial charge in [-0.2, -0.15) is 0 Å². The van der Waals surface area contributed by atoms with Gasteiger partial charge in [0.05, 0.1) is 5.52 Å². The summed E-state index contributed by atoms with van der Waals surface area (Å²) in [4.78, 5) is 17.3. The summed E-state index contributed by atoms with van der Waals surface area (Å²) in [6.07, 6.45) is 0. The van der Waals surface area contributed by atoms with Crippen molar-refractivity contribution in [2.45, 2.75) is 0 Å². The molecule has 0 saturated carbocycles. The minimum Gasteiger partial charge on any atom is -0.399 e. The Morgan fingerprint density at radius 2 is 2.05 bits per heavy atom. The lowest BCUT2D eigenvalue weighted by atomic mass is 10.2. The molecule has 2 rings (SSSR count). The molecular weight excluding hydrogens is 254 g/mol. The first-order valence-corrected chi connectivity index (χ1v) is 6.41. The van der Waals surface area contributed by atoms with E-state index in [2.05, 4.69) is 15.6 Å². The molecule has 0 atom stereocenters. The molecule has 1 aromatic carbocycles. The van der Waals surface area contributed by atoms with Gasteiger partial charge in [-0.1, -0.05) is 0 Å². The van der Waals surface area contributed by atoms with Gasteiger partial charge in [0, 0.05) is 38.3 Å². The minimum atomic E-state index is -0.103. The molecule has 2 amide bonds. The van der Waals surface area contributed by atoms with Crippen LogP contribution in [-0.4, -0.2) is 43.1 Å². The first-order chi connectivity index (χ1) is 9.56. The lowest BCUT2D eigenvalue weighted by Gasteiger charge is -2.12. The number of fused-ring (bicyclic) bond motifs is 1. The summed E-state index contributed by atoms with van der Waals surface area (Å²) in [5, 5.41) is 6.96. The van der Waals surface area contributed by atoms with E-state index in [1.165, 1.54) is 4.90 Å². The second-order valence-corrected chi connectivity index (χ2v) is 4.70. The molecule has 0 aliphatic rings. The number of benzene rings is 1. The van der Waals surface area contributed by atoms with Crippen molar-refractivity contribution in [2.24, 2.45) is 0 Å². The lowest BCUT2D eigenvalue weighted by Crippen LogP contribution is -2.37. The summed E-state index contributed by atoms with van der Waals surface area (Å²) in [5.41, 5.74) is 7.34. The summed E-state index contributed by atoms with van der Waals surface area (Å²) in [6, 6.07) is 9.38. The van der Waals surface area contributed by atoms with Gasteiger partial charge in [0.25, 0.3) is 0 Å². The summed E-state index contributed by atoms with van der Waals surface area (Å²) in [6.45, 7) is 1.16. The second kappa shape index (κ2) is 6.10. The molecule has 20 heavy (non-hydrogen) atoms. The van der Waals surface area contributed by atoms with Crippen LogP contribution in [0.5, 0.6) is 0 Å². The van der Waals surface area contributed by atoms with Gasteiger partial charge >= 0.3 is 6.03 Å². The molecule has 4 N–H and O–H groups in total. The summed E-state index contributed by atoms with van der Waals surface area (Å²) >= 11 is 0. The molecular formula is C14H19N5O. The van der Waals surface area contributed by atoms with Crippen molar-refractivity contribution in [1.82, 2.24) is 15.2 Å².